The number of thiocarbonyl (C=S) groups is 1. The molecule has 0 radical (unpaired) electrons. The number of carbonyl (C=O) groups excluding carboxylic acids is 2. The maximum atomic E-state index is 12.9. The molecule has 2 unspecified atom stereocenters. The molecule has 0 bridgehead atoms. The van der Waals surface area contributed by atoms with Crippen LogP contribution in [-0.2, 0) is 19.1 Å². The maximum Gasteiger partial charge on any atom is 0.241 e. The van der Waals surface area contributed by atoms with Crippen molar-refractivity contribution in [1.82, 2.24) is 10.2 Å². The van der Waals surface area contributed by atoms with Crippen LogP contribution in [0.2, 0.25) is 0 Å². The highest BCUT2D eigenvalue weighted by Gasteiger charge is 2.38. The Hall–Kier alpha value is -2.22. The molecular weight excluding hydrogens is 414 g/mol. The highest BCUT2D eigenvalue weighted by atomic mass is 32.1. The normalized spacial score (nSPS) is 20.6. The van der Waals surface area contributed by atoms with E-state index in [-0.39, 0.29) is 18.6 Å². The first kappa shape index (κ1) is 23.4. The van der Waals surface area contributed by atoms with Crippen LogP contribution in [0, 0.1) is 11.8 Å². The van der Waals surface area contributed by atoms with Gasteiger partial charge in [-0.1, -0.05) is 39.5 Å². The van der Waals surface area contributed by atoms with Crippen molar-refractivity contribution < 1.29 is 19.1 Å². The van der Waals surface area contributed by atoms with Gasteiger partial charge in [0.25, 0.3) is 0 Å². The molecule has 1 saturated heterocycles. The van der Waals surface area contributed by atoms with Gasteiger partial charge < -0.3 is 14.8 Å². The van der Waals surface area contributed by atoms with Gasteiger partial charge in [0, 0.05) is 25.6 Å². The van der Waals surface area contributed by atoms with Gasteiger partial charge in [0.15, 0.2) is 11.5 Å². The predicted octanol–water partition coefficient (Wildman–Crippen LogP) is 3.85. The number of nitrogens with zero attached hydrogens (tertiary/aromatic N) is 2. The average Bonchev–Trinajstić information content (AvgIpc) is 3.22. The number of aliphatic imine (C=N–C) groups is 1. The number of ether oxygens (including phenoxy) is 2. The third-order valence-electron chi connectivity index (χ3n) is 5.99. The molecule has 7 nitrogen and oxygen atoms in total. The van der Waals surface area contributed by atoms with Gasteiger partial charge in [-0.3, -0.25) is 14.5 Å². The number of nitrogens with one attached hydrogen (secondary N) is 1. The summed E-state index contributed by atoms with van der Waals surface area (Å²) >= 11 is 5.34. The number of carbonyl (C=O) groups is 2. The van der Waals surface area contributed by atoms with Crippen LogP contribution in [0.3, 0.4) is 0 Å². The second-order valence-electron chi connectivity index (χ2n) is 8.26. The maximum absolute atomic E-state index is 12.9. The lowest BCUT2D eigenvalue weighted by molar-refractivity contribution is -0.128. The Morgan fingerprint density at radius 3 is 2.84 bits per heavy atom. The summed E-state index contributed by atoms with van der Waals surface area (Å²) in [7, 11) is 0. The minimum Gasteiger partial charge on any atom is -0.454 e. The lowest BCUT2D eigenvalue weighted by Crippen LogP contribution is -2.46. The van der Waals surface area contributed by atoms with E-state index in [4.69, 9.17) is 21.7 Å². The number of fused-ring (bicyclic) bond motifs is 2. The van der Waals surface area contributed by atoms with Gasteiger partial charge in [0.1, 0.15) is 5.92 Å². The Morgan fingerprint density at radius 2 is 2.06 bits per heavy atom. The highest BCUT2D eigenvalue weighted by molar-refractivity contribution is 7.80. The van der Waals surface area contributed by atoms with Crippen LogP contribution in [0.15, 0.2) is 28.7 Å². The van der Waals surface area contributed by atoms with Crippen LogP contribution < -0.4 is 5.32 Å². The summed E-state index contributed by atoms with van der Waals surface area (Å²) in [6, 6.07) is 0. The fourth-order valence-corrected chi connectivity index (χ4v) is 4.25. The first-order valence-corrected chi connectivity index (χ1v) is 11.8. The smallest absolute Gasteiger partial charge is 0.241 e. The molecule has 0 aromatic carbocycles. The van der Waals surface area contributed by atoms with Crippen LogP contribution >= 0.6 is 12.2 Å². The zero-order chi connectivity index (χ0) is 22.2. The highest BCUT2D eigenvalue weighted by Crippen LogP contribution is 2.31. The summed E-state index contributed by atoms with van der Waals surface area (Å²) in [5, 5.41) is 3.36. The molecular formula is C23H33N3O4S. The van der Waals surface area contributed by atoms with Crippen molar-refractivity contribution in [2.75, 3.05) is 19.9 Å². The minimum atomic E-state index is -0.475. The Kier molecular flexibility index (Phi) is 8.63. The van der Waals surface area contributed by atoms with E-state index in [9.17, 15) is 9.59 Å². The number of hydrogen-bond donors (Lipinski definition) is 1. The van der Waals surface area contributed by atoms with E-state index in [1.807, 2.05) is 0 Å². The largest absolute Gasteiger partial charge is 0.454 e. The molecule has 1 N–H and O–H groups in total. The summed E-state index contributed by atoms with van der Waals surface area (Å²) in [6.45, 7) is 5.82. The lowest BCUT2D eigenvalue weighted by atomic mass is 9.93. The average molecular weight is 448 g/mol. The van der Waals surface area contributed by atoms with Crippen LogP contribution in [0.4, 0.5) is 0 Å². The zero-order valence-electron chi connectivity index (χ0n) is 18.5. The standard InChI is InChI=1S/C23H33N3O4S/c1-3-5-9-16(4-2)14-24-21(27)10-7-6-8-11-26-22(28)17-12-19-20(30-15-29-19)13-18(17)25-23(26)31/h12-13,16-17H,3-11,14-15H2,1-2H3,(H,24,27). The van der Waals surface area contributed by atoms with Gasteiger partial charge in [-0.05, 0) is 43.5 Å². The second kappa shape index (κ2) is 11.4. The molecule has 0 spiro atoms. The first-order valence-electron chi connectivity index (χ1n) is 11.4. The van der Waals surface area contributed by atoms with E-state index in [0.29, 0.717) is 41.2 Å². The van der Waals surface area contributed by atoms with E-state index in [1.165, 1.54) is 19.3 Å². The summed E-state index contributed by atoms with van der Waals surface area (Å²) < 4.78 is 10.7. The summed E-state index contributed by atoms with van der Waals surface area (Å²) in [5.41, 5.74) is 0.608. The monoisotopic (exact) mass is 447 g/mol. The number of allylic oxidation sites excluding steroid dienone is 1. The minimum absolute atomic E-state index is 0.0799. The third-order valence-corrected chi connectivity index (χ3v) is 6.30. The van der Waals surface area contributed by atoms with Crippen LogP contribution in [0.1, 0.15) is 65.2 Å². The molecule has 8 heteroatoms. The van der Waals surface area contributed by atoms with Gasteiger partial charge in [-0.15, -0.1) is 0 Å². The van der Waals surface area contributed by atoms with E-state index < -0.39 is 5.92 Å². The molecule has 1 aliphatic carbocycles. The fraction of sp³-hybridized carbons (Fsp3) is 0.652. The van der Waals surface area contributed by atoms with Crippen LogP contribution in [0.5, 0.6) is 0 Å². The predicted molar refractivity (Wildman–Crippen MR) is 123 cm³/mol. The van der Waals surface area contributed by atoms with Gasteiger partial charge >= 0.3 is 0 Å². The topological polar surface area (TPSA) is 80.2 Å². The van der Waals surface area contributed by atoms with E-state index >= 15 is 0 Å². The van der Waals surface area contributed by atoms with Gasteiger partial charge in [0.05, 0.1) is 5.71 Å². The molecule has 1 fully saturated rings. The molecule has 3 aliphatic rings. The summed E-state index contributed by atoms with van der Waals surface area (Å²) in [4.78, 5) is 31.0. The Bertz CT molecular complexity index is 790. The molecule has 2 heterocycles. The van der Waals surface area contributed by atoms with Crippen molar-refractivity contribution in [2.24, 2.45) is 16.8 Å². The van der Waals surface area contributed by atoms with Gasteiger partial charge in [-0.25, -0.2) is 4.99 Å². The number of amides is 2. The van der Waals surface area contributed by atoms with Crippen molar-refractivity contribution in [2.45, 2.75) is 65.2 Å². The number of rotatable bonds is 12. The number of unbranched alkanes of at least 4 members (excludes halogenated alkanes) is 3. The molecule has 0 aromatic rings. The molecule has 0 saturated carbocycles. The molecule has 31 heavy (non-hydrogen) atoms. The quantitative estimate of drug-likeness (QED) is 0.363. The van der Waals surface area contributed by atoms with Crippen molar-refractivity contribution in [3.8, 4) is 0 Å². The lowest BCUT2D eigenvalue weighted by Gasteiger charge is -2.30. The molecule has 3 rings (SSSR count). The second-order valence-corrected chi connectivity index (χ2v) is 8.63. The fourth-order valence-electron chi connectivity index (χ4n) is 3.96. The van der Waals surface area contributed by atoms with Crippen molar-refractivity contribution in [3.05, 3.63) is 23.7 Å². The van der Waals surface area contributed by atoms with E-state index in [2.05, 4.69) is 24.2 Å². The Balaban J connectivity index is 1.37. The Labute approximate surface area is 189 Å². The van der Waals surface area contributed by atoms with Crippen molar-refractivity contribution >= 4 is 34.9 Å². The molecule has 2 amide bonds. The van der Waals surface area contributed by atoms with Crippen molar-refractivity contribution in [1.29, 1.82) is 0 Å². The molecule has 2 aliphatic heterocycles. The zero-order valence-corrected chi connectivity index (χ0v) is 19.3. The van der Waals surface area contributed by atoms with Gasteiger partial charge in [-0.2, -0.15) is 0 Å². The van der Waals surface area contributed by atoms with E-state index in [0.717, 1.165) is 32.2 Å². The first-order chi connectivity index (χ1) is 15.0. The van der Waals surface area contributed by atoms with Crippen LogP contribution in [-0.4, -0.2) is 47.4 Å². The van der Waals surface area contributed by atoms with Crippen LogP contribution in [0.25, 0.3) is 0 Å². The van der Waals surface area contributed by atoms with E-state index in [1.54, 1.807) is 17.1 Å². The van der Waals surface area contributed by atoms with Crippen molar-refractivity contribution in [3.63, 3.8) is 0 Å². The summed E-state index contributed by atoms with van der Waals surface area (Å²) in [5.74, 6) is 1.33. The SMILES string of the molecule is CCCCC(CC)CNC(=O)CCCCCN1C(=O)C2C=C3OCOC3=CC2=NC1=S. The molecule has 0 aromatic heterocycles. The number of hydrogen-bond acceptors (Lipinski definition) is 5. The molecule has 2 atom stereocenters. The Morgan fingerprint density at radius 1 is 1.26 bits per heavy atom. The summed E-state index contributed by atoms with van der Waals surface area (Å²) in [6.07, 6.45) is 11.1. The molecule has 170 valence electrons. The van der Waals surface area contributed by atoms with Gasteiger partial charge in [0.2, 0.25) is 23.7 Å². The third kappa shape index (κ3) is 6.15.